The molecule has 2 unspecified atom stereocenters. The molecular formula is C21H21FN2O4. The minimum atomic E-state index is -0.947. The van der Waals surface area contributed by atoms with Crippen molar-refractivity contribution >= 4 is 23.5 Å². The lowest BCUT2D eigenvalue weighted by Crippen LogP contribution is -2.36. The minimum Gasteiger partial charge on any atom is -0.481 e. The molecule has 2 aromatic carbocycles. The fourth-order valence-corrected chi connectivity index (χ4v) is 3.35. The van der Waals surface area contributed by atoms with Crippen LogP contribution >= 0.6 is 0 Å². The highest BCUT2D eigenvalue weighted by Gasteiger charge is 2.36. The number of para-hydroxylation sites is 1. The standard InChI is InChI=1S/C21H21FN2O4/c22-16-8-4-5-9-18(16)24-13-15(12-19(24)25)21(28)23-17(10-11-20(26)27)14-6-2-1-3-7-14/h1-9,15,17H,10-13H2,(H,23,28)(H,26,27). The number of nitrogens with zero attached hydrogens (tertiary/aromatic N) is 1. The topological polar surface area (TPSA) is 86.7 Å². The third kappa shape index (κ3) is 4.54. The first-order valence-electron chi connectivity index (χ1n) is 9.07. The van der Waals surface area contributed by atoms with Crippen molar-refractivity contribution in [2.45, 2.75) is 25.3 Å². The van der Waals surface area contributed by atoms with Crippen LogP contribution < -0.4 is 10.2 Å². The number of hydrogen-bond donors (Lipinski definition) is 2. The molecule has 0 saturated carbocycles. The summed E-state index contributed by atoms with van der Waals surface area (Å²) in [5.41, 5.74) is 0.959. The molecule has 6 nitrogen and oxygen atoms in total. The monoisotopic (exact) mass is 384 g/mol. The average Bonchev–Trinajstić information content (AvgIpc) is 3.07. The highest BCUT2D eigenvalue weighted by atomic mass is 19.1. The molecule has 2 aromatic rings. The molecule has 1 heterocycles. The lowest BCUT2D eigenvalue weighted by atomic mass is 10.00. The zero-order valence-electron chi connectivity index (χ0n) is 15.2. The van der Waals surface area contributed by atoms with Crippen LogP contribution in [0.1, 0.15) is 30.9 Å². The lowest BCUT2D eigenvalue weighted by molar-refractivity contribution is -0.137. The van der Waals surface area contributed by atoms with Gasteiger partial charge in [0.05, 0.1) is 17.6 Å². The first-order valence-corrected chi connectivity index (χ1v) is 9.07. The van der Waals surface area contributed by atoms with Crippen LogP contribution in [0, 0.1) is 11.7 Å². The van der Waals surface area contributed by atoms with Crippen molar-refractivity contribution in [2.24, 2.45) is 5.92 Å². The van der Waals surface area contributed by atoms with E-state index in [1.54, 1.807) is 6.07 Å². The van der Waals surface area contributed by atoms with E-state index in [4.69, 9.17) is 5.11 Å². The van der Waals surface area contributed by atoms with E-state index in [0.29, 0.717) is 0 Å². The van der Waals surface area contributed by atoms with Crippen LogP contribution in [-0.4, -0.2) is 29.4 Å². The third-order valence-corrected chi connectivity index (χ3v) is 4.80. The highest BCUT2D eigenvalue weighted by Crippen LogP contribution is 2.28. The number of aliphatic carboxylic acids is 1. The number of carbonyl (C=O) groups excluding carboxylic acids is 2. The number of rotatable bonds is 7. The maximum Gasteiger partial charge on any atom is 0.303 e. The fourth-order valence-electron chi connectivity index (χ4n) is 3.35. The number of benzene rings is 2. The zero-order valence-corrected chi connectivity index (χ0v) is 15.2. The molecule has 0 aromatic heterocycles. The van der Waals surface area contributed by atoms with E-state index in [1.807, 2.05) is 30.3 Å². The van der Waals surface area contributed by atoms with E-state index in [1.165, 1.54) is 23.1 Å². The predicted molar refractivity (Wildman–Crippen MR) is 101 cm³/mol. The molecule has 1 aliphatic heterocycles. The van der Waals surface area contributed by atoms with Crippen molar-refractivity contribution < 1.29 is 23.9 Å². The van der Waals surface area contributed by atoms with Crippen LogP contribution in [0.2, 0.25) is 0 Å². The summed E-state index contributed by atoms with van der Waals surface area (Å²) in [5.74, 6) is -2.74. The van der Waals surface area contributed by atoms with Gasteiger partial charge in [0.2, 0.25) is 11.8 Å². The number of carbonyl (C=O) groups is 3. The summed E-state index contributed by atoms with van der Waals surface area (Å²) >= 11 is 0. The predicted octanol–water partition coefficient (Wildman–Crippen LogP) is 2.90. The van der Waals surface area contributed by atoms with E-state index >= 15 is 0 Å². The van der Waals surface area contributed by atoms with Gasteiger partial charge in [0.15, 0.2) is 0 Å². The highest BCUT2D eigenvalue weighted by molar-refractivity contribution is 6.00. The molecule has 2 amide bonds. The normalized spacial score (nSPS) is 17.4. The van der Waals surface area contributed by atoms with Gasteiger partial charge in [-0.2, -0.15) is 0 Å². The first kappa shape index (κ1) is 19.5. The third-order valence-electron chi connectivity index (χ3n) is 4.80. The summed E-state index contributed by atoms with van der Waals surface area (Å²) in [7, 11) is 0. The minimum absolute atomic E-state index is 0.0133. The van der Waals surface area contributed by atoms with Crippen LogP contribution in [0.25, 0.3) is 0 Å². The van der Waals surface area contributed by atoms with Gasteiger partial charge in [0, 0.05) is 19.4 Å². The van der Waals surface area contributed by atoms with E-state index in [2.05, 4.69) is 5.32 Å². The molecule has 28 heavy (non-hydrogen) atoms. The second-order valence-corrected chi connectivity index (χ2v) is 6.76. The molecule has 0 aliphatic carbocycles. The molecule has 2 atom stereocenters. The zero-order chi connectivity index (χ0) is 20.1. The van der Waals surface area contributed by atoms with Gasteiger partial charge in [-0.3, -0.25) is 14.4 Å². The summed E-state index contributed by atoms with van der Waals surface area (Å²) in [4.78, 5) is 37.3. The van der Waals surface area contributed by atoms with Gasteiger partial charge in [-0.1, -0.05) is 42.5 Å². The Hall–Kier alpha value is -3.22. The Bertz CT molecular complexity index is 872. The molecule has 7 heteroatoms. The summed E-state index contributed by atoms with van der Waals surface area (Å²) in [5, 5.41) is 11.8. The molecular weight excluding hydrogens is 363 g/mol. The Morgan fingerprint density at radius 1 is 1.14 bits per heavy atom. The Balaban J connectivity index is 1.71. The van der Waals surface area contributed by atoms with Crippen molar-refractivity contribution in [2.75, 3.05) is 11.4 Å². The second-order valence-electron chi connectivity index (χ2n) is 6.76. The number of carboxylic acids is 1. The second kappa shape index (κ2) is 8.65. The quantitative estimate of drug-likeness (QED) is 0.769. The molecule has 3 rings (SSSR count). The van der Waals surface area contributed by atoms with Crippen molar-refractivity contribution in [1.29, 1.82) is 0 Å². The number of anilines is 1. The van der Waals surface area contributed by atoms with Crippen LogP contribution in [0.15, 0.2) is 54.6 Å². The summed E-state index contributed by atoms with van der Waals surface area (Å²) < 4.78 is 14.0. The van der Waals surface area contributed by atoms with Crippen molar-refractivity contribution in [1.82, 2.24) is 5.32 Å². The number of amides is 2. The van der Waals surface area contributed by atoms with E-state index in [-0.39, 0.29) is 43.3 Å². The molecule has 146 valence electrons. The van der Waals surface area contributed by atoms with Crippen molar-refractivity contribution in [3.05, 3.63) is 66.0 Å². The van der Waals surface area contributed by atoms with E-state index in [0.717, 1.165) is 5.56 Å². The van der Waals surface area contributed by atoms with E-state index in [9.17, 15) is 18.8 Å². The Morgan fingerprint density at radius 2 is 1.82 bits per heavy atom. The van der Waals surface area contributed by atoms with E-state index < -0.39 is 23.7 Å². The van der Waals surface area contributed by atoms with Crippen LogP contribution in [0.3, 0.4) is 0 Å². The first-order chi connectivity index (χ1) is 13.5. The van der Waals surface area contributed by atoms with Crippen molar-refractivity contribution in [3.63, 3.8) is 0 Å². The Labute approximate surface area is 162 Å². The number of nitrogens with one attached hydrogen (secondary N) is 1. The van der Waals surface area contributed by atoms with Gasteiger partial charge in [-0.05, 0) is 24.1 Å². The van der Waals surface area contributed by atoms with Crippen LogP contribution in [0.5, 0.6) is 0 Å². The smallest absolute Gasteiger partial charge is 0.303 e. The van der Waals surface area contributed by atoms with Gasteiger partial charge < -0.3 is 15.3 Å². The molecule has 1 saturated heterocycles. The van der Waals surface area contributed by atoms with Crippen LogP contribution in [-0.2, 0) is 14.4 Å². The van der Waals surface area contributed by atoms with Gasteiger partial charge in [0.1, 0.15) is 5.82 Å². The molecule has 1 aliphatic rings. The molecule has 1 fully saturated rings. The number of hydrogen-bond acceptors (Lipinski definition) is 3. The largest absolute Gasteiger partial charge is 0.481 e. The maximum atomic E-state index is 14.0. The summed E-state index contributed by atoms with van der Waals surface area (Å²) in [6.45, 7) is 0.0893. The van der Waals surface area contributed by atoms with Gasteiger partial charge >= 0.3 is 5.97 Å². The van der Waals surface area contributed by atoms with Gasteiger partial charge in [0.25, 0.3) is 0 Å². The maximum absolute atomic E-state index is 14.0. The molecule has 2 N–H and O–H groups in total. The average molecular weight is 384 g/mol. The van der Waals surface area contributed by atoms with Crippen LogP contribution in [0.4, 0.5) is 10.1 Å². The summed E-state index contributed by atoms with van der Waals surface area (Å²) in [6.07, 6.45) is 0.133. The fraction of sp³-hybridized carbons (Fsp3) is 0.286. The van der Waals surface area contributed by atoms with Gasteiger partial charge in [-0.15, -0.1) is 0 Å². The SMILES string of the molecule is O=C(O)CCC(NC(=O)C1CC(=O)N(c2ccccc2F)C1)c1ccccc1. The molecule has 0 radical (unpaired) electrons. The number of halogens is 1. The van der Waals surface area contributed by atoms with Crippen molar-refractivity contribution in [3.8, 4) is 0 Å². The Kier molecular flexibility index (Phi) is 6.03. The Morgan fingerprint density at radius 3 is 2.50 bits per heavy atom. The molecule has 0 spiro atoms. The summed E-state index contributed by atoms with van der Waals surface area (Å²) in [6, 6.07) is 14.6. The lowest BCUT2D eigenvalue weighted by Gasteiger charge is -2.21. The number of carboxylic acid groups (broad SMARTS) is 1. The van der Waals surface area contributed by atoms with Gasteiger partial charge in [-0.25, -0.2) is 4.39 Å². The molecule has 0 bridgehead atoms.